The zero-order valence-corrected chi connectivity index (χ0v) is 14.4. The summed E-state index contributed by atoms with van der Waals surface area (Å²) in [5.74, 6) is 0.655. The van der Waals surface area contributed by atoms with Gasteiger partial charge in [0, 0.05) is 25.7 Å². The lowest BCUT2D eigenvalue weighted by Crippen LogP contribution is -2.40. The first-order chi connectivity index (χ1) is 10.7. The third-order valence-electron chi connectivity index (χ3n) is 4.93. The van der Waals surface area contributed by atoms with Gasteiger partial charge in [-0.05, 0) is 52.4 Å². The Morgan fingerprint density at radius 2 is 1.82 bits per heavy atom. The number of aliphatic imine (C=N–C) groups is 1. The maximum atomic E-state index is 6.04. The van der Waals surface area contributed by atoms with Crippen molar-refractivity contribution in [3.05, 3.63) is 0 Å². The van der Waals surface area contributed by atoms with E-state index in [1.807, 2.05) is 0 Å². The average Bonchev–Trinajstić information content (AvgIpc) is 2.87. The highest BCUT2D eigenvalue weighted by molar-refractivity contribution is 5.78. The van der Waals surface area contributed by atoms with Crippen LogP contribution in [0.4, 0.5) is 0 Å². The van der Waals surface area contributed by atoms with E-state index in [1.54, 1.807) is 0 Å². The molecular formula is C17H35N5. The third-order valence-corrected chi connectivity index (χ3v) is 4.93. The summed E-state index contributed by atoms with van der Waals surface area (Å²) in [6.07, 6.45) is 10.3. The van der Waals surface area contributed by atoms with Crippen molar-refractivity contribution in [1.29, 1.82) is 0 Å². The summed E-state index contributed by atoms with van der Waals surface area (Å²) in [5, 5.41) is 3.42. The molecule has 0 aromatic rings. The Morgan fingerprint density at radius 3 is 2.59 bits per heavy atom. The van der Waals surface area contributed by atoms with E-state index in [0.717, 1.165) is 19.5 Å². The first kappa shape index (κ1) is 17.5. The fourth-order valence-electron chi connectivity index (χ4n) is 3.50. The summed E-state index contributed by atoms with van der Waals surface area (Å²) in [5.41, 5.74) is 6.04. The van der Waals surface area contributed by atoms with Gasteiger partial charge in [-0.3, -0.25) is 4.99 Å². The normalized spacial score (nSPS) is 24.0. The maximum Gasteiger partial charge on any atom is 0.188 e. The fraction of sp³-hybridized carbons (Fsp3) is 0.941. The van der Waals surface area contributed by atoms with Crippen LogP contribution < -0.4 is 11.1 Å². The highest BCUT2D eigenvalue weighted by Crippen LogP contribution is 2.16. The van der Waals surface area contributed by atoms with Gasteiger partial charge in [-0.1, -0.05) is 25.7 Å². The highest BCUT2D eigenvalue weighted by Gasteiger charge is 2.13. The molecule has 1 aliphatic heterocycles. The summed E-state index contributed by atoms with van der Waals surface area (Å²) in [6.45, 7) is 6.83. The fourth-order valence-corrected chi connectivity index (χ4v) is 3.50. The Balaban J connectivity index is 1.59. The topological polar surface area (TPSA) is 56.9 Å². The smallest absolute Gasteiger partial charge is 0.188 e. The lowest BCUT2D eigenvalue weighted by molar-refractivity contribution is 0.275. The molecule has 0 aromatic carbocycles. The molecule has 128 valence electrons. The van der Waals surface area contributed by atoms with Crippen molar-refractivity contribution >= 4 is 5.96 Å². The van der Waals surface area contributed by atoms with E-state index in [2.05, 4.69) is 27.2 Å². The van der Waals surface area contributed by atoms with E-state index >= 15 is 0 Å². The van der Waals surface area contributed by atoms with Crippen molar-refractivity contribution < 1.29 is 0 Å². The number of hydrogen-bond donors (Lipinski definition) is 2. The van der Waals surface area contributed by atoms with Crippen LogP contribution in [0.3, 0.4) is 0 Å². The van der Waals surface area contributed by atoms with Gasteiger partial charge in [0.1, 0.15) is 0 Å². The molecular weight excluding hydrogens is 274 g/mol. The molecule has 22 heavy (non-hydrogen) atoms. The molecule has 0 bridgehead atoms. The molecule has 0 radical (unpaired) electrons. The maximum absolute atomic E-state index is 6.04. The first-order valence-corrected chi connectivity index (χ1v) is 9.21. The van der Waals surface area contributed by atoms with Gasteiger partial charge in [0.2, 0.25) is 0 Å². The zero-order valence-electron chi connectivity index (χ0n) is 14.4. The molecule has 0 unspecified atom stereocenters. The van der Waals surface area contributed by atoms with E-state index in [1.165, 1.54) is 71.1 Å². The molecule has 2 aliphatic rings. The van der Waals surface area contributed by atoms with E-state index in [9.17, 15) is 0 Å². The molecule has 0 amide bonds. The molecule has 5 heteroatoms. The Hall–Kier alpha value is -0.810. The average molecular weight is 310 g/mol. The van der Waals surface area contributed by atoms with Crippen LogP contribution in [-0.4, -0.2) is 68.1 Å². The Labute approximate surface area is 136 Å². The minimum atomic E-state index is 0.549. The van der Waals surface area contributed by atoms with E-state index in [0.29, 0.717) is 12.0 Å². The monoisotopic (exact) mass is 309 g/mol. The highest BCUT2D eigenvalue weighted by atomic mass is 15.2. The predicted molar refractivity (Wildman–Crippen MR) is 94.3 cm³/mol. The summed E-state index contributed by atoms with van der Waals surface area (Å²) < 4.78 is 0. The molecule has 0 spiro atoms. The minimum Gasteiger partial charge on any atom is -0.370 e. The number of nitrogens with two attached hydrogens (primary N) is 1. The molecule has 2 rings (SSSR count). The number of likely N-dealkylation sites (N-methyl/N-ethyl adjacent to an activating group) is 1. The lowest BCUT2D eigenvalue weighted by atomic mass is 10.1. The molecule has 0 aromatic heterocycles. The molecule has 1 saturated carbocycles. The SMILES string of the molecule is CN1CCCN(CCCN=C(N)NC2CCCCCC2)CC1. The van der Waals surface area contributed by atoms with Crippen LogP contribution in [0.5, 0.6) is 0 Å². The number of guanidine groups is 1. The molecule has 1 heterocycles. The summed E-state index contributed by atoms with van der Waals surface area (Å²) in [7, 11) is 2.22. The molecule has 1 aliphatic carbocycles. The quantitative estimate of drug-likeness (QED) is 0.351. The second kappa shape index (κ2) is 10.1. The van der Waals surface area contributed by atoms with Gasteiger partial charge in [-0.25, -0.2) is 0 Å². The van der Waals surface area contributed by atoms with Crippen LogP contribution in [0.2, 0.25) is 0 Å². The predicted octanol–water partition coefficient (Wildman–Crippen LogP) is 1.64. The van der Waals surface area contributed by atoms with Crippen LogP contribution in [0.15, 0.2) is 4.99 Å². The number of nitrogens with one attached hydrogen (secondary N) is 1. The van der Waals surface area contributed by atoms with Crippen LogP contribution in [-0.2, 0) is 0 Å². The van der Waals surface area contributed by atoms with E-state index in [-0.39, 0.29) is 0 Å². The van der Waals surface area contributed by atoms with Crippen molar-refractivity contribution in [3.63, 3.8) is 0 Å². The molecule has 1 saturated heterocycles. The van der Waals surface area contributed by atoms with E-state index in [4.69, 9.17) is 5.73 Å². The number of nitrogens with zero attached hydrogens (tertiary/aromatic N) is 3. The van der Waals surface area contributed by atoms with Gasteiger partial charge in [0.05, 0.1) is 0 Å². The van der Waals surface area contributed by atoms with Crippen LogP contribution in [0.25, 0.3) is 0 Å². The van der Waals surface area contributed by atoms with Gasteiger partial charge in [0.15, 0.2) is 5.96 Å². The van der Waals surface area contributed by atoms with Crippen molar-refractivity contribution in [3.8, 4) is 0 Å². The minimum absolute atomic E-state index is 0.549. The Kier molecular flexibility index (Phi) is 8.02. The molecule has 5 nitrogen and oxygen atoms in total. The standard InChI is InChI=1S/C17H35N5/c1-21-11-7-13-22(15-14-21)12-6-10-19-17(18)20-16-8-4-2-3-5-9-16/h16H,2-15H2,1H3,(H3,18,19,20). The van der Waals surface area contributed by atoms with Gasteiger partial charge in [0.25, 0.3) is 0 Å². The van der Waals surface area contributed by atoms with E-state index < -0.39 is 0 Å². The van der Waals surface area contributed by atoms with Crippen LogP contribution in [0.1, 0.15) is 51.4 Å². The van der Waals surface area contributed by atoms with Gasteiger partial charge < -0.3 is 20.9 Å². The third kappa shape index (κ3) is 6.97. The zero-order chi connectivity index (χ0) is 15.6. The second-order valence-electron chi connectivity index (χ2n) is 6.95. The molecule has 3 N–H and O–H groups in total. The Bertz CT molecular complexity index is 323. The summed E-state index contributed by atoms with van der Waals surface area (Å²) >= 11 is 0. The number of rotatable bonds is 5. The number of hydrogen-bond acceptors (Lipinski definition) is 3. The van der Waals surface area contributed by atoms with Crippen molar-refractivity contribution in [2.45, 2.75) is 57.4 Å². The van der Waals surface area contributed by atoms with Crippen LogP contribution in [0, 0.1) is 0 Å². The molecule has 2 fully saturated rings. The Morgan fingerprint density at radius 1 is 1.05 bits per heavy atom. The van der Waals surface area contributed by atoms with Gasteiger partial charge in [-0.2, -0.15) is 0 Å². The van der Waals surface area contributed by atoms with Crippen molar-refractivity contribution in [2.75, 3.05) is 46.3 Å². The van der Waals surface area contributed by atoms with Crippen LogP contribution >= 0.6 is 0 Å². The van der Waals surface area contributed by atoms with Crippen molar-refractivity contribution in [1.82, 2.24) is 15.1 Å². The summed E-state index contributed by atoms with van der Waals surface area (Å²) in [6, 6.07) is 0.549. The second-order valence-corrected chi connectivity index (χ2v) is 6.95. The molecule has 0 atom stereocenters. The van der Waals surface area contributed by atoms with Crippen molar-refractivity contribution in [2.24, 2.45) is 10.7 Å². The van der Waals surface area contributed by atoms with Gasteiger partial charge >= 0.3 is 0 Å². The summed E-state index contributed by atoms with van der Waals surface area (Å²) in [4.78, 5) is 9.50. The van der Waals surface area contributed by atoms with Gasteiger partial charge in [-0.15, -0.1) is 0 Å². The first-order valence-electron chi connectivity index (χ1n) is 9.21. The largest absolute Gasteiger partial charge is 0.370 e. The lowest BCUT2D eigenvalue weighted by Gasteiger charge is -2.19.